The largest absolute Gasteiger partial charge is 0.370 e. The second kappa shape index (κ2) is 8.42. The SMILES string of the molecule is CCNC(=O)CCC(CC(N)=O)NSN1C(=O)C=CC1=O. The zero-order valence-corrected chi connectivity index (χ0v) is 12.4. The van der Waals surface area contributed by atoms with E-state index in [1.54, 1.807) is 0 Å². The highest BCUT2D eigenvalue weighted by molar-refractivity contribution is 7.96. The first-order valence-corrected chi connectivity index (χ1v) is 7.25. The molecule has 0 aromatic heterocycles. The van der Waals surface area contributed by atoms with E-state index >= 15 is 0 Å². The second-order valence-corrected chi connectivity index (χ2v) is 5.16. The van der Waals surface area contributed by atoms with Crippen LogP contribution in [0, 0.1) is 0 Å². The van der Waals surface area contributed by atoms with Crippen molar-refractivity contribution < 1.29 is 19.2 Å². The molecule has 21 heavy (non-hydrogen) atoms. The Bertz CT molecular complexity index is 448. The van der Waals surface area contributed by atoms with E-state index in [1.807, 2.05) is 6.92 Å². The smallest absolute Gasteiger partial charge is 0.264 e. The van der Waals surface area contributed by atoms with Crippen LogP contribution in [0.1, 0.15) is 26.2 Å². The Labute approximate surface area is 126 Å². The van der Waals surface area contributed by atoms with E-state index in [1.165, 1.54) is 0 Å². The number of imide groups is 1. The van der Waals surface area contributed by atoms with Gasteiger partial charge in [-0.3, -0.25) is 19.2 Å². The number of nitrogens with two attached hydrogens (primary N) is 1. The summed E-state index contributed by atoms with van der Waals surface area (Å²) in [7, 11) is 0. The van der Waals surface area contributed by atoms with Crippen molar-refractivity contribution >= 4 is 35.8 Å². The van der Waals surface area contributed by atoms with Crippen LogP contribution in [0.4, 0.5) is 0 Å². The fourth-order valence-electron chi connectivity index (χ4n) is 1.64. The standard InChI is InChI=1S/C12H18N4O4S/c1-2-14-10(18)4-3-8(7-9(13)17)15-21-16-11(19)5-6-12(16)20/h5-6,8,15H,2-4,7H2,1H3,(H2,13,17)(H,14,18). The average Bonchev–Trinajstić information content (AvgIpc) is 2.72. The molecule has 1 aliphatic rings. The molecule has 0 spiro atoms. The fraction of sp³-hybridized carbons (Fsp3) is 0.500. The van der Waals surface area contributed by atoms with Crippen molar-refractivity contribution in [3.05, 3.63) is 12.2 Å². The Kier molecular flexibility index (Phi) is 6.89. The number of nitrogens with one attached hydrogen (secondary N) is 2. The van der Waals surface area contributed by atoms with Gasteiger partial charge in [-0.1, -0.05) is 0 Å². The summed E-state index contributed by atoms with van der Waals surface area (Å²) in [5, 5.41) is 2.65. The van der Waals surface area contributed by atoms with Gasteiger partial charge in [0, 0.05) is 49.7 Å². The summed E-state index contributed by atoms with van der Waals surface area (Å²) in [4.78, 5) is 45.2. The van der Waals surface area contributed by atoms with Crippen LogP contribution in [0.3, 0.4) is 0 Å². The van der Waals surface area contributed by atoms with Crippen LogP contribution in [0.5, 0.6) is 0 Å². The normalized spacial score (nSPS) is 15.4. The third-order valence-corrected chi connectivity index (χ3v) is 3.60. The topological polar surface area (TPSA) is 122 Å². The van der Waals surface area contributed by atoms with Gasteiger partial charge in [-0.25, -0.2) is 9.03 Å². The summed E-state index contributed by atoms with van der Waals surface area (Å²) in [5.41, 5.74) is 5.15. The quantitative estimate of drug-likeness (QED) is 0.379. The Morgan fingerprint density at radius 2 is 1.95 bits per heavy atom. The molecule has 0 aliphatic carbocycles. The molecule has 4 amide bonds. The van der Waals surface area contributed by atoms with E-state index < -0.39 is 23.8 Å². The molecule has 0 bridgehead atoms. The molecule has 1 aliphatic heterocycles. The monoisotopic (exact) mass is 314 g/mol. The van der Waals surface area contributed by atoms with Gasteiger partial charge in [-0.05, 0) is 13.3 Å². The Hall–Kier alpha value is -1.87. The van der Waals surface area contributed by atoms with Gasteiger partial charge < -0.3 is 11.1 Å². The molecule has 1 rings (SSSR count). The maximum Gasteiger partial charge on any atom is 0.264 e. The molecule has 1 heterocycles. The van der Waals surface area contributed by atoms with E-state index in [4.69, 9.17) is 5.73 Å². The molecule has 116 valence electrons. The summed E-state index contributed by atoms with van der Waals surface area (Å²) < 4.78 is 3.76. The highest BCUT2D eigenvalue weighted by Crippen LogP contribution is 2.16. The zero-order valence-electron chi connectivity index (χ0n) is 11.6. The molecule has 1 unspecified atom stereocenters. The van der Waals surface area contributed by atoms with Crippen molar-refractivity contribution in [2.24, 2.45) is 5.73 Å². The maximum absolute atomic E-state index is 11.4. The lowest BCUT2D eigenvalue weighted by atomic mass is 10.1. The molecule has 0 saturated carbocycles. The van der Waals surface area contributed by atoms with Crippen molar-refractivity contribution in [2.45, 2.75) is 32.2 Å². The van der Waals surface area contributed by atoms with Crippen LogP contribution in [-0.4, -0.2) is 40.5 Å². The fourth-order valence-corrected chi connectivity index (χ4v) is 2.40. The second-order valence-electron chi connectivity index (χ2n) is 4.37. The lowest BCUT2D eigenvalue weighted by Gasteiger charge is -2.19. The minimum atomic E-state index is -0.527. The summed E-state index contributed by atoms with van der Waals surface area (Å²) in [6.07, 6.45) is 2.92. The molecule has 0 aromatic rings. The first-order valence-electron chi connectivity index (χ1n) is 6.47. The summed E-state index contributed by atoms with van der Waals surface area (Å²) in [6.45, 7) is 2.34. The number of rotatable bonds is 9. The molecule has 0 fully saturated rings. The van der Waals surface area contributed by atoms with Gasteiger partial charge in [0.05, 0.1) is 0 Å². The van der Waals surface area contributed by atoms with Crippen molar-refractivity contribution in [2.75, 3.05) is 6.54 Å². The molecule has 0 radical (unpaired) electrons. The molecular weight excluding hydrogens is 296 g/mol. The van der Waals surface area contributed by atoms with Gasteiger partial charge in [0.1, 0.15) is 0 Å². The van der Waals surface area contributed by atoms with Crippen LogP contribution in [0.15, 0.2) is 12.2 Å². The number of amides is 4. The summed E-state index contributed by atoms with van der Waals surface area (Å²) >= 11 is 0.798. The molecular formula is C12H18N4O4S. The lowest BCUT2D eigenvalue weighted by Crippen LogP contribution is -2.35. The molecule has 0 aromatic carbocycles. The van der Waals surface area contributed by atoms with Gasteiger partial charge in [-0.15, -0.1) is 0 Å². The Morgan fingerprint density at radius 3 is 2.48 bits per heavy atom. The maximum atomic E-state index is 11.4. The van der Waals surface area contributed by atoms with E-state index in [2.05, 4.69) is 10.0 Å². The predicted molar refractivity (Wildman–Crippen MR) is 77.2 cm³/mol. The number of hydrogen-bond acceptors (Lipinski definition) is 6. The molecule has 9 heteroatoms. The predicted octanol–water partition coefficient (Wildman–Crippen LogP) is -0.775. The first-order chi connectivity index (χ1) is 9.93. The van der Waals surface area contributed by atoms with Crippen LogP contribution >= 0.6 is 12.1 Å². The van der Waals surface area contributed by atoms with Crippen LogP contribution in [0.25, 0.3) is 0 Å². The van der Waals surface area contributed by atoms with Crippen LogP contribution in [0.2, 0.25) is 0 Å². The zero-order chi connectivity index (χ0) is 15.8. The average molecular weight is 314 g/mol. The highest BCUT2D eigenvalue weighted by atomic mass is 32.2. The molecule has 0 saturated heterocycles. The molecule has 1 atom stereocenters. The Morgan fingerprint density at radius 1 is 1.33 bits per heavy atom. The van der Waals surface area contributed by atoms with Gasteiger partial charge in [-0.2, -0.15) is 0 Å². The highest BCUT2D eigenvalue weighted by Gasteiger charge is 2.25. The van der Waals surface area contributed by atoms with Crippen molar-refractivity contribution in [3.8, 4) is 0 Å². The number of hydrogen-bond donors (Lipinski definition) is 3. The van der Waals surface area contributed by atoms with E-state index in [-0.39, 0.29) is 18.7 Å². The van der Waals surface area contributed by atoms with Gasteiger partial charge in [0.15, 0.2) is 0 Å². The number of primary amides is 1. The molecule has 8 nitrogen and oxygen atoms in total. The number of carbonyl (C=O) groups excluding carboxylic acids is 4. The summed E-state index contributed by atoms with van der Waals surface area (Å²) in [5.74, 6) is -1.55. The van der Waals surface area contributed by atoms with Crippen LogP contribution in [-0.2, 0) is 19.2 Å². The minimum Gasteiger partial charge on any atom is -0.370 e. The molecule has 4 N–H and O–H groups in total. The van der Waals surface area contributed by atoms with Crippen LogP contribution < -0.4 is 15.8 Å². The minimum absolute atomic E-state index is 0.00997. The van der Waals surface area contributed by atoms with E-state index in [0.29, 0.717) is 13.0 Å². The Balaban J connectivity index is 2.46. The van der Waals surface area contributed by atoms with Gasteiger partial charge in [0.2, 0.25) is 11.8 Å². The van der Waals surface area contributed by atoms with E-state index in [0.717, 1.165) is 28.6 Å². The van der Waals surface area contributed by atoms with Crippen molar-refractivity contribution in [1.29, 1.82) is 0 Å². The van der Waals surface area contributed by atoms with Gasteiger partial charge in [0.25, 0.3) is 11.8 Å². The van der Waals surface area contributed by atoms with E-state index in [9.17, 15) is 19.2 Å². The summed E-state index contributed by atoms with van der Waals surface area (Å²) in [6, 6.07) is -0.406. The number of nitrogens with zero attached hydrogens (tertiary/aromatic N) is 1. The van der Waals surface area contributed by atoms with Gasteiger partial charge >= 0.3 is 0 Å². The third kappa shape index (κ3) is 5.96. The third-order valence-electron chi connectivity index (χ3n) is 2.62. The number of carbonyl (C=O) groups is 4. The van der Waals surface area contributed by atoms with Crippen molar-refractivity contribution in [1.82, 2.24) is 14.3 Å². The first kappa shape index (κ1) is 17.2. The van der Waals surface area contributed by atoms with Crippen molar-refractivity contribution in [3.63, 3.8) is 0 Å². The lowest BCUT2D eigenvalue weighted by molar-refractivity contribution is -0.130.